The van der Waals surface area contributed by atoms with Crippen LogP contribution >= 0.6 is 0 Å². The first-order valence-electron chi connectivity index (χ1n) is 10.8. The molecule has 3 aliphatic rings. The average molecular weight is 443 g/mol. The topological polar surface area (TPSA) is 109 Å². The Kier molecular flexibility index (Phi) is 5.00. The lowest BCUT2D eigenvalue weighted by atomic mass is 9.84. The van der Waals surface area contributed by atoms with Gasteiger partial charge in [0.25, 0.3) is 15.9 Å². The number of anilines is 1. The van der Waals surface area contributed by atoms with Crippen molar-refractivity contribution >= 4 is 27.6 Å². The van der Waals surface area contributed by atoms with E-state index in [2.05, 4.69) is 4.99 Å². The van der Waals surface area contributed by atoms with Gasteiger partial charge in [-0.1, -0.05) is 19.3 Å². The SMILES string of the molecule is NC1=N[C@@H](C2CCCCC2)CN1S(=O)(=O)c1ccc2c(c1)CCN2C(=O)c1ccco1. The van der Waals surface area contributed by atoms with Gasteiger partial charge in [-0.05, 0) is 61.1 Å². The summed E-state index contributed by atoms with van der Waals surface area (Å²) in [5.74, 6) is 0.504. The van der Waals surface area contributed by atoms with Crippen LogP contribution in [0.1, 0.15) is 48.2 Å². The van der Waals surface area contributed by atoms with Crippen LogP contribution in [0.15, 0.2) is 50.9 Å². The number of nitrogens with zero attached hydrogens (tertiary/aromatic N) is 3. The van der Waals surface area contributed by atoms with Crippen LogP contribution in [-0.2, 0) is 16.4 Å². The number of hydrogen-bond acceptors (Lipinski definition) is 6. The highest BCUT2D eigenvalue weighted by Gasteiger charge is 2.38. The normalized spacial score (nSPS) is 21.9. The predicted molar refractivity (Wildman–Crippen MR) is 116 cm³/mol. The molecular formula is C22H26N4O4S. The largest absolute Gasteiger partial charge is 0.459 e. The molecule has 164 valence electrons. The minimum atomic E-state index is -3.81. The van der Waals surface area contributed by atoms with Gasteiger partial charge in [-0.2, -0.15) is 0 Å². The Morgan fingerprint density at radius 2 is 1.97 bits per heavy atom. The second kappa shape index (κ2) is 7.71. The lowest BCUT2D eigenvalue weighted by molar-refractivity contribution is 0.0963. The molecule has 3 heterocycles. The van der Waals surface area contributed by atoms with E-state index in [9.17, 15) is 13.2 Å². The Labute approximate surface area is 181 Å². The van der Waals surface area contributed by atoms with Crippen LogP contribution in [-0.4, -0.2) is 43.7 Å². The number of rotatable bonds is 4. The molecule has 1 aliphatic carbocycles. The van der Waals surface area contributed by atoms with Crippen LogP contribution in [0.2, 0.25) is 0 Å². The van der Waals surface area contributed by atoms with E-state index in [0.29, 0.717) is 31.1 Å². The second-order valence-corrected chi connectivity index (χ2v) is 10.3. The smallest absolute Gasteiger partial charge is 0.293 e. The molecule has 0 radical (unpaired) electrons. The summed E-state index contributed by atoms with van der Waals surface area (Å²) in [5.41, 5.74) is 7.59. The van der Waals surface area contributed by atoms with Crippen molar-refractivity contribution in [1.82, 2.24) is 4.31 Å². The quantitative estimate of drug-likeness (QED) is 0.783. The molecule has 2 aliphatic heterocycles. The fraction of sp³-hybridized carbons (Fsp3) is 0.455. The van der Waals surface area contributed by atoms with E-state index in [1.54, 1.807) is 35.2 Å². The van der Waals surface area contributed by atoms with Crippen molar-refractivity contribution in [3.05, 3.63) is 47.9 Å². The van der Waals surface area contributed by atoms with E-state index < -0.39 is 10.0 Å². The summed E-state index contributed by atoms with van der Waals surface area (Å²) in [6.07, 6.45) is 7.77. The zero-order valence-electron chi connectivity index (χ0n) is 17.2. The highest BCUT2D eigenvalue weighted by atomic mass is 32.2. The number of guanidine groups is 1. The number of sulfonamides is 1. The van der Waals surface area contributed by atoms with Gasteiger partial charge < -0.3 is 15.1 Å². The molecule has 8 nitrogen and oxygen atoms in total. The van der Waals surface area contributed by atoms with E-state index >= 15 is 0 Å². The van der Waals surface area contributed by atoms with Crippen LogP contribution in [0.25, 0.3) is 0 Å². The van der Waals surface area contributed by atoms with Crippen LogP contribution in [0.5, 0.6) is 0 Å². The first kappa shape index (κ1) is 20.1. The van der Waals surface area contributed by atoms with Crippen LogP contribution in [0, 0.1) is 5.92 Å². The summed E-state index contributed by atoms with van der Waals surface area (Å²) in [7, 11) is -3.81. The van der Waals surface area contributed by atoms with Crippen molar-refractivity contribution in [2.45, 2.75) is 49.5 Å². The van der Waals surface area contributed by atoms with Gasteiger partial charge in [0.05, 0.1) is 23.7 Å². The fourth-order valence-corrected chi connectivity index (χ4v) is 6.37. The van der Waals surface area contributed by atoms with E-state index in [-0.39, 0.29) is 28.6 Å². The van der Waals surface area contributed by atoms with Crippen LogP contribution < -0.4 is 10.6 Å². The summed E-state index contributed by atoms with van der Waals surface area (Å²) >= 11 is 0. The molecule has 1 aromatic heterocycles. The number of nitrogens with two attached hydrogens (primary N) is 1. The summed E-state index contributed by atoms with van der Waals surface area (Å²) in [6.45, 7) is 0.786. The number of carbonyl (C=O) groups is 1. The minimum absolute atomic E-state index is 0.0640. The third-order valence-corrected chi connectivity index (χ3v) is 8.38. The van der Waals surface area contributed by atoms with E-state index in [4.69, 9.17) is 10.2 Å². The summed E-state index contributed by atoms with van der Waals surface area (Å²) in [6, 6.07) is 8.12. The highest BCUT2D eigenvalue weighted by Crippen LogP contribution is 2.35. The molecule has 0 spiro atoms. The Balaban J connectivity index is 1.37. The monoisotopic (exact) mass is 442 g/mol. The number of hydrogen-bond donors (Lipinski definition) is 1. The second-order valence-electron chi connectivity index (χ2n) is 8.46. The van der Waals surface area contributed by atoms with Gasteiger partial charge in [0.2, 0.25) is 5.96 Å². The first-order valence-corrected chi connectivity index (χ1v) is 12.2. The third-order valence-electron chi connectivity index (χ3n) is 6.61. The standard InChI is InChI=1S/C22H26N4O4S/c23-22-24-18(15-5-2-1-3-6-15)14-26(22)31(28,29)17-8-9-19-16(13-17)10-11-25(19)21(27)20-7-4-12-30-20/h4,7-9,12-13,15,18H,1-3,5-6,10-11,14H2,(H2,23,24)/t18-/m1/s1. The average Bonchev–Trinajstić information content (AvgIpc) is 3.53. The molecule has 2 aromatic rings. The number of carbonyl (C=O) groups excluding carboxylic acids is 1. The van der Waals surface area contributed by atoms with E-state index in [1.165, 1.54) is 29.8 Å². The molecule has 1 fully saturated rings. The van der Waals surface area contributed by atoms with Gasteiger partial charge in [0.15, 0.2) is 5.76 Å². The van der Waals surface area contributed by atoms with E-state index in [1.807, 2.05) is 0 Å². The van der Waals surface area contributed by atoms with Crippen LogP contribution in [0.3, 0.4) is 0 Å². The Hall–Kier alpha value is -2.81. The molecule has 2 N–H and O–H groups in total. The molecular weight excluding hydrogens is 416 g/mol. The Morgan fingerprint density at radius 3 is 2.71 bits per heavy atom. The Morgan fingerprint density at radius 1 is 1.16 bits per heavy atom. The zero-order valence-corrected chi connectivity index (χ0v) is 18.1. The zero-order chi connectivity index (χ0) is 21.6. The third kappa shape index (κ3) is 3.50. The summed E-state index contributed by atoms with van der Waals surface area (Å²) < 4.78 is 33.2. The maximum atomic E-state index is 13.3. The molecule has 1 saturated carbocycles. The van der Waals surface area contributed by atoms with Crippen molar-refractivity contribution in [3.8, 4) is 0 Å². The van der Waals surface area contributed by atoms with Crippen molar-refractivity contribution in [1.29, 1.82) is 0 Å². The van der Waals surface area contributed by atoms with Crippen LogP contribution in [0.4, 0.5) is 5.69 Å². The molecule has 1 atom stereocenters. The van der Waals surface area contributed by atoms with Crippen molar-refractivity contribution in [2.24, 2.45) is 16.6 Å². The van der Waals surface area contributed by atoms with Crippen molar-refractivity contribution in [3.63, 3.8) is 0 Å². The van der Waals surface area contributed by atoms with Gasteiger partial charge in [-0.3, -0.25) is 4.79 Å². The summed E-state index contributed by atoms with van der Waals surface area (Å²) in [4.78, 5) is 19.0. The van der Waals surface area contributed by atoms with Gasteiger partial charge in [-0.25, -0.2) is 17.7 Å². The Bertz CT molecular complexity index is 1120. The molecule has 31 heavy (non-hydrogen) atoms. The summed E-state index contributed by atoms with van der Waals surface area (Å²) in [5, 5.41) is 0. The molecule has 1 aromatic carbocycles. The van der Waals surface area contributed by atoms with Gasteiger partial charge in [0.1, 0.15) is 0 Å². The lowest BCUT2D eigenvalue weighted by Gasteiger charge is -2.26. The maximum absolute atomic E-state index is 13.3. The van der Waals surface area contributed by atoms with Gasteiger partial charge >= 0.3 is 0 Å². The number of fused-ring (bicyclic) bond motifs is 1. The molecule has 9 heteroatoms. The predicted octanol–water partition coefficient (Wildman–Crippen LogP) is 2.75. The lowest BCUT2D eigenvalue weighted by Crippen LogP contribution is -2.40. The van der Waals surface area contributed by atoms with E-state index in [0.717, 1.165) is 18.4 Å². The van der Waals surface area contributed by atoms with Crippen molar-refractivity contribution in [2.75, 3.05) is 18.0 Å². The highest BCUT2D eigenvalue weighted by molar-refractivity contribution is 7.89. The number of amides is 1. The number of aliphatic imine (C=N–C) groups is 1. The molecule has 0 bridgehead atoms. The molecule has 0 saturated heterocycles. The number of benzene rings is 1. The molecule has 5 rings (SSSR count). The molecule has 1 amide bonds. The first-order chi connectivity index (χ1) is 14.9. The van der Waals surface area contributed by atoms with Gasteiger partial charge in [-0.15, -0.1) is 0 Å². The molecule has 0 unspecified atom stereocenters. The fourth-order valence-electron chi connectivity index (χ4n) is 4.94. The number of furan rings is 1. The maximum Gasteiger partial charge on any atom is 0.293 e. The minimum Gasteiger partial charge on any atom is -0.459 e. The van der Waals surface area contributed by atoms with Crippen molar-refractivity contribution < 1.29 is 17.6 Å². The van der Waals surface area contributed by atoms with Gasteiger partial charge in [0, 0.05) is 12.2 Å².